The van der Waals surface area contributed by atoms with Gasteiger partial charge in [0.05, 0.1) is 26.1 Å². The first-order valence-corrected chi connectivity index (χ1v) is 8.95. The predicted molar refractivity (Wildman–Crippen MR) is 103 cm³/mol. The molecule has 0 atom stereocenters. The van der Waals surface area contributed by atoms with Crippen molar-refractivity contribution in [2.24, 2.45) is 0 Å². The van der Waals surface area contributed by atoms with Crippen molar-refractivity contribution in [2.45, 2.75) is 6.54 Å². The number of anilines is 1. The van der Waals surface area contributed by atoms with Crippen molar-refractivity contribution in [3.63, 3.8) is 0 Å². The molecule has 0 spiro atoms. The summed E-state index contributed by atoms with van der Waals surface area (Å²) >= 11 is 1.52. The van der Waals surface area contributed by atoms with Crippen LogP contribution in [0, 0.1) is 0 Å². The van der Waals surface area contributed by atoms with Crippen LogP contribution in [0.5, 0.6) is 11.5 Å². The monoisotopic (exact) mass is 366 g/mol. The average Bonchev–Trinajstić information content (AvgIpc) is 3.25. The van der Waals surface area contributed by atoms with Crippen LogP contribution in [0.3, 0.4) is 0 Å². The summed E-state index contributed by atoms with van der Waals surface area (Å²) in [6.07, 6.45) is 1.95. The molecule has 0 bridgehead atoms. The molecule has 0 unspecified atom stereocenters. The van der Waals surface area contributed by atoms with Gasteiger partial charge in [-0.05, 0) is 17.7 Å². The topological polar surface area (TPSA) is 60.7 Å². The van der Waals surface area contributed by atoms with Crippen molar-refractivity contribution >= 4 is 21.4 Å². The van der Waals surface area contributed by atoms with E-state index in [2.05, 4.69) is 15.4 Å². The standard InChI is InChI=1S/C19H18N4O2S/c1-24-16-9-8-13(10-17(16)25-2)11-20-18-22-23-12-15(21-19(23)26-18)14-6-4-3-5-7-14/h3-10,12H,11H2,1-2H3,(H,20,22). The Hall–Kier alpha value is -3.06. The highest BCUT2D eigenvalue weighted by Crippen LogP contribution is 2.28. The fourth-order valence-electron chi connectivity index (χ4n) is 2.69. The molecule has 0 saturated carbocycles. The quantitative estimate of drug-likeness (QED) is 0.557. The fourth-order valence-corrected chi connectivity index (χ4v) is 3.46. The maximum Gasteiger partial charge on any atom is 0.214 e. The zero-order valence-corrected chi connectivity index (χ0v) is 15.3. The van der Waals surface area contributed by atoms with Crippen LogP contribution in [0.25, 0.3) is 16.2 Å². The lowest BCUT2D eigenvalue weighted by atomic mass is 10.2. The molecular weight excluding hydrogens is 348 g/mol. The van der Waals surface area contributed by atoms with Crippen molar-refractivity contribution in [3.8, 4) is 22.8 Å². The summed E-state index contributed by atoms with van der Waals surface area (Å²) in [5.41, 5.74) is 3.10. The van der Waals surface area contributed by atoms with Gasteiger partial charge >= 0.3 is 0 Å². The third kappa shape index (κ3) is 3.21. The van der Waals surface area contributed by atoms with Crippen molar-refractivity contribution in [2.75, 3.05) is 19.5 Å². The lowest BCUT2D eigenvalue weighted by Gasteiger charge is -2.09. The van der Waals surface area contributed by atoms with E-state index in [1.54, 1.807) is 14.2 Å². The summed E-state index contributed by atoms with van der Waals surface area (Å²) in [5, 5.41) is 8.71. The second kappa shape index (κ2) is 7.05. The predicted octanol–water partition coefficient (Wildman–Crippen LogP) is 4.09. The van der Waals surface area contributed by atoms with Gasteiger partial charge < -0.3 is 14.8 Å². The molecule has 6 nitrogen and oxygen atoms in total. The van der Waals surface area contributed by atoms with Gasteiger partial charge in [0.25, 0.3) is 0 Å². The molecule has 1 N–H and O–H groups in total. The number of hydrogen-bond donors (Lipinski definition) is 1. The molecule has 132 valence electrons. The molecule has 26 heavy (non-hydrogen) atoms. The van der Waals surface area contributed by atoms with Gasteiger partial charge in [-0.2, -0.15) is 0 Å². The van der Waals surface area contributed by atoms with Crippen LogP contribution in [-0.4, -0.2) is 28.8 Å². The summed E-state index contributed by atoms with van der Waals surface area (Å²) in [4.78, 5) is 5.51. The van der Waals surface area contributed by atoms with E-state index in [0.29, 0.717) is 12.3 Å². The molecule has 4 rings (SSSR count). The largest absolute Gasteiger partial charge is 0.493 e. The molecule has 2 heterocycles. The Balaban J connectivity index is 1.49. The van der Waals surface area contributed by atoms with E-state index in [9.17, 15) is 0 Å². The highest BCUT2D eigenvalue weighted by molar-refractivity contribution is 7.20. The van der Waals surface area contributed by atoms with E-state index in [4.69, 9.17) is 9.47 Å². The summed E-state index contributed by atoms with van der Waals surface area (Å²) < 4.78 is 12.4. The van der Waals surface area contributed by atoms with Crippen LogP contribution in [-0.2, 0) is 6.54 Å². The number of methoxy groups -OCH3 is 2. The van der Waals surface area contributed by atoms with Crippen LogP contribution in [0.4, 0.5) is 5.13 Å². The summed E-state index contributed by atoms with van der Waals surface area (Å²) in [6, 6.07) is 16.0. The highest BCUT2D eigenvalue weighted by Gasteiger charge is 2.10. The molecule has 0 amide bonds. The third-order valence-electron chi connectivity index (χ3n) is 4.00. The highest BCUT2D eigenvalue weighted by atomic mass is 32.1. The van der Waals surface area contributed by atoms with Gasteiger partial charge in [0.1, 0.15) is 0 Å². The van der Waals surface area contributed by atoms with Crippen molar-refractivity contribution in [1.82, 2.24) is 14.6 Å². The Morgan fingerprint density at radius 1 is 1.04 bits per heavy atom. The lowest BCUT2D eigenvalue weighted by molar-refractivity contribution is 0.354. The van der Waals surface area contributed by atoms with E-state index >= 15 is 0 Å². The first-order chi connectivity index (χ1) is 12.8. The van der Waals surface area contributed by atoms with Crippen LogP contribution in [0.15, 0.2) is 54.7 Å². The summed E-state index contributed by atoms with van der Waals surface area (Å²) in [6.45, 7) is 0.641. The van der Waals surface area contributed by atoms with Gasteiger partial charge in [-0.15, -0.1) is 5.10 Å². The molecule has 0 fully saturated rings. The maximum absolute atomic E-state index is 5.34. The fraction of sp³-hybridized carbons (Fsp3) is 0.158. The minimum Gasteiger partial charge on any atom is -0.493 e. The Kier molecular flexibility index (Phi) is 4.45. The smallest absolute Gasteiger partial charge is 0.214 e. The molecular formula is C19H18N4O2S. The van der Waals surface area contributed by atoms with E-state index < -0.39 is 0 Å². The summed E-state index contributed by atoms with van der Waals surface area (Å²) in [7, 11) is 3.26. The minimum absolute atomic E-state index is 0.641. The first kappa shape index (κ1) is 16.4. The molecule has 0 aliphatic carbocycles. The van der Waals surface area contributed by atoms with Gasteiger partial charge in [0.2, 0.25) is 10.1 Å². The molecule has 2 aromatic heterocycles. The van der Waals surface area contributed by atoms with Gasteiger partial charge in [-0.3, -0.25) is 0 Å². The molecule has 0 saturated heterocycles. The molecule has 0 aliphatic heterocycles. The number of ether oxygens (including phenoxy) is 2. The van der Waals surface area contributed by atoms with Gasteiger partial charge in [-0.1, -0.05) is 47.7 Å². The zero-order chi connectivity index (χ0) is 17.9. The molecule has 4 aromatic rings. The normalized spacial score (nSPS) is 10.8. The second-order valence-electron chi connectivity index (χ2n) is 5.67. The number of benzene rings is 2. The van der Waals surface area contributed by atoms with Crippen molar-refractivity contribution in [1.29, 1.82) is 0 Å². The third-order valence-corrected chi connectivity index (χ3v) is 4.88. The van der Waals surface area contributed by atoms with Crippen molar-refractivity contribution < 1.29 is 9.47 Å². The molecule has 2 aromatic carbocycles. The summed E-state index contributed by atoms with van der Waals surface area (Å²) in [5.74, 6) is 1.44. The lowest BCUT2D eigenvalue weighted by Crippen LogP contribution is -2.00. The van der Waals surface area contributed by atoms with E-state index in [1.807, 2.05) is 59.2 Å². The molecule has 0 radical (unpaired) electrons. The molecule has 0 aliphatic rings. The average molecular weight is 366 g/mol. The number of nitrogens with one attached hydrogen (secondary N) is 1. The molecule has 7 heteroatoms. The zero-order valence-electron chi connectivity index (χ0n) is 14.5. The van der Waals surface area contributed by atoms with Gasteiger partial charge in [0, 0.05) is 12.1 Å². The van der Waals surface area contributed by atoms with Gasteiger partial charge in [-0.25, -0.2) is 9.50 Å². The van der Waals surface area contributed by atoms with Crippen LogP contribution in [0.1, 0.15) is 5.56 Å². The number of imidazole rings is 1. The SMILES string of the molecule is COc1ccc(CNc2nn3cc(-c4ccccc4)nc3s2)cc1OC. The Morgan fingerprint density at radius 2 is 1.85 bits per heavy atom. The number of hydrogen-bond acceptors (Lipinski definition) is 6. The number of aromatic nitrogens is 3. The van der Waals surface area contributed by atoms with Crippen LogP contribution < -0.4 is 14.8 Å². The van der Waals surface area contributed by atoms with E-state index in [-0.39, 0.29) is 0 Å². The maximum atomic E-state index is 5.34. The van der Waals surface area contributed by atoms with Crippen LogP contribution >= 0.6 is 11.3 Å². The van der Waals surface area contributed by atoms with E-state index in [1.165, 1.54) is 11.3 Å². The van der Waals surface area contributed by atoms with E-state index in [0.717, 1.165) is 32.7 Å². The number of rotatable bonds is 6. The number of fused-ring (bicyclic) bond motifs is 1. The first-order valence-electron chi connectivity index (χ1n) is 8.13. The van der Waals surface area contributed by atoms with Crippen LogP contribution in [0.2, 0.25) is 0 Å². The second-order valence-corrected chi connectivity index (χ2v) is 6.63. The Labute approximate surface area is 155 Å². The Morgan fingerprint density at radius 3 is 2.58 bits per heavy atom. The number of nitrogens with zero attached hydrogens (tertiary/aromatic N) is 3. The Bertz CT molecular complexity index is 995. The minimum atomic E-state index is 0.641. The van der Waals surface area contributed by atoms with Gasteiger partial charge in [0.15, 0.2) is 11.5 Å². The van der Waals surface area contributed by atoms with Crippen molar-refractivity contribution in [3.05, 3.63) is 60.3 Å².